The predicted molar refractivity (Wildman–Crippen MR) is 145 cm³/mol. The van der Waals surface area contributed by atoms with E-state index in [1.807, 2.05) is 0 Å². The molecule has 2 atom stereocenters. The van der Waals surface area contributed by atoms with Gasteiger partial charge in [0.1, 0.15) is 22.9 Å². The number of anilines is 2. The summed E-state index contributed by atoms with van der Waals surface area (Å²) in [5.41, 5.74) is 0.915. The third-order valence-electron chi connectivity index (χ3n) is 7.11. The number of hydrogen-bond donors (Lipinski definition) is 2. The zero-order valence-corrected chi connectivity index (χ0v) is 22.7. The number of methoxy groups -OCH3 is 3. The predicted octanol–water partition coefficient (Wildman–Crippen LogP) is 3.33. The Morgan fingerprint density at radius 1 is 0.872 bits per heavy atom. The number of pyridine rings is 1. The Bertz CT molecular complexity index is 1530. The molecule has 11 nitrogen and oxygen atoms in total. The van der Waals surface area contributed by atoms with Crippen LogP contribution in [0.15, 0.2) is 64.3 Å². The molecule has 39 heavy (non-hydrogen) atoms. The van der Waals surface area contributed by atoms with Gasteiger partial charge in [-0.25, -0.2) is 13.2 Å². The van der Waals surface area contributed by atoms with E-state index >= 15 is 0 Å². The highest BCUT2D eigenvalue weighted by Crippen LogP contribution is 2.36. The fourth-order valence-corrected chi connectivity index (χ4v) is 6.29. The lowest BCUT2D eigenvalue weighted by Gasteiger charge is -2.42. The number of carbonyl (C=O) groups excluding carboxylic acids is 1. The van der Waals surface area contributed by atoms with Gasteiger partial charge in [0.05, 0.1) is 26.2 Å². The molecule has 12 heteroatoms. The number of nitrogens with zero attached hydrogens (tertiary/aromatic N) is 2. The SMILES string of the molecule is COc1ccc(S(=O)(=O)Nc2ccc3n(c2=O)C[C@H]2C[C@@H]3CN(C(=O)Nc3cc(OC)cc(OC)c3)C2)cc1. The van der Waals surface area contributed by atoms with Gasteiger partial charge in [-0.2, -0.15) is 0 Å². The molecule has 2 amide bonds. The normalized spacial score (nSPS) is 18.1. The summed E-state index contributed by atoms with van der Waals surface area (Å²) >= 11 is 0. The first-order valence-corrected chi connectivity index (χ1v) is 13.9. The topological polar surface area (TPSA) is 128 Å². The molecule has 1 aromatic heterocycles. The van der Waals surface area contributed by atoms with Crippen LogP contribution in [-0.2, 0) is 16.6 Å². The molecule has 0 radical (unpaired) electrons. The first-order valence-electron chi connectivity index (χ1n) is 12.4. The van der Waals surface area contributed by atoms with Gasteiger partial charge in [0.15, 0.2) is 0 Å². The van der Waals surface area contributed by atoms with Crippen molar-refractivity contribution in [3.8, 4) is 17.2 Å². The summed E-state index contributed by atoms with van der Waals surface area (Å²) in [5.74, 6) is 1.65. The van der Waals surface area contributed by atoms with Gasteiger partial charge in [0.25, 0.3) is 15.6 Å². The lowest BCUT2D eigenvalue weighted by atomic mass is 9.83. The monoisotopic (exact) mass is 554 g/mol. The van der Waals surface area contributed by atoms with Crippen LogP contribution in [0, 0.1) is 5.92 Å². The Morgan fingerprint density at radius 2 is 1.54 bits per heavy atom. The molecule has 3 aromatic rings. The fourth-order valence-electron chi connectivity index (χ4n) is 5.23. The van der Waals surface area contributed by atoms with Crippen molar-refractivity contribution in [3.05, 3.63) is 70.6 Å². The van der Waals surface area contributed by atoms with Crippen LogP contribution in [0.4, 0.5) is 16.2 Å². The summed E-state index contributed by atoms with van der Waals surface area (Å²) in [6.45, 7) is 1.29. The van der Waals surface area contributed by atoms with Crippen LogP contribution >= 0.6 is 0 Å². The van der Waals surface area contributed by atoms with Crippen LogP contribution in [0.3, 0.4) is 0 Å². The molecule has 3 heterocycles. The van der Waals surface area contributed by atoms with Gasteiger partial charge in [-0.15, -0.1) is 0 Å². The second kappa shape index (κ2) is 10.5. The number of hydrogen-bond acceptors (Lipinski definition) is 7. The standard InChI is InChI=1S/C27H30N4O7S/c1-36-20-4-6-23(7-5-20)39(34,35)29-24-8-9-25-18-10-17(15-31(25)26(24)32)14-30(16-18)27(33)28-19-11-21(37-2)13-22(12-19)38-3/h4-9,11-13,17-18,29H,10,14-16H2,1-3H3,(H,28,33)/t17-,18+/m0/s1. The van der Waals surface area contributed by atoms with Crippen LogP contribution in [0.5, 0.6) is 17.2 Å². The average Bonchev–Trinajstić information content (AvgIpc) is 2.94. The molecule has 0 saturated carbocycles. The molecule has 5 rings (SSSR count). The summed E-state index contributed by atoms with van der Waals surface area (Å²) < 4.78 is 45.5. The van der Waals surface area contributed by atoms with Crippen molar-refractivity contribution < 1.29 is 27.4 Å². The van der Waals surface area contributed by atoms with E-state index in [9.17, 15) is 18.0 Å². The highest BCUT2D eigenvalue weighted by molar-refractivity contribution is 7.92. The molecule has 2 aliphatic rings. The maximum absolute atomic E-state index is 13.3. The molecule has 2 bridgehead atoms. The first-order chi connectivity index (χ1) is 18.7. The van der Waals surface area contributed by atoms with Gasteiger partial charge in [-0.1, -0.05) is 0 Å². The number of benzene rings is 2. The minimum Gasteiger partial charge on any atom is -0.497 e. The van der Waals surface area contributed by atoms with Crippen LogP contribution in [-0.4, -0.2) is 58.3 Å². The van der Waals surface area contributed by atoms with E-state index in [4.69, 9.17) is 14.2 Å². The van der Waals surface area contributed by atoms with Crippen molar-refractivity contribution >= 4 is 27.4 Å². The van der Waals surface area contributed by atoms with Crippen LogP contribution in [0.25, 0.3) is 0 Å². The van der Waals surface area contributed by atoms with Gasteiger partial charge in [0, 0.05) is 55.1 Å². The van der Waals surface area contributed by atoms with E-state index in [0.717, 1.165) is 12.1 Å². The minimum absolute atomic E-state index is 0.0175. The van der Waals surface area contributed by atoms with E-state index in [1.54, 1.807) is 60.1 Å². The van der Waals surface area contributed by atoms with Gasteiger partial charge < -0.3 is 29.0 Å². The second-order valence-corrected chi connectivity index (χ2v) is 11.3. The summed E-state index contributed by atoms with van der Waals surface area (Å²) in [4.78, 5) is 28.2. The lowest BCUT2D eigenvalue weighted by molar-refractivity contribution is 0.139. The Labute approximate surface area is 226 Å². The highest BCUT2D eigenvalue weighted by Gasteiger charge is 2.37. The van der Waals surface area contributed by atoms with Gasteiger partial charge >= 0.3 is 6.03 Å². The van der Waals surface area contributed by atoms with Crippen LogP contribution in [0.2, 0.25) is 0 Å². The maximum Gasteiger partial charge on any atom is 0.321 e. The molecule has 0 aliphatic carbocycles. The van der Waals surface area contributed by atoms with Crippen molar-refractivity contribution in [3.63, 3.8) is 0 Å². The summed E-state index contributed by atoms with van der Waals surface area (Å²) in [5, 5.41) is 2.92. The summed E-state index contributed by atoms with van der Waals surface area (Å²) in [6, 6.07) is 14.1. The van der Waals surface area contributed by atoms with Crippen LogP contribution < -0.4 is 29.8 Å². The minimum atomic E-state index is -3.96. The molecule has 2 N–H and O–H groups in total. The Hall–Kier alpha value is -4.19. The van der Waals surface area contributed by atoms with Gasteiger partial charge in [0.2, 0.25) is 0 Å². The van der Waals surface area contributed by atoms with E-state index in [2.05, 4.69) is 10.0 Å². The zero-order chi connectivity index (χ0) is 27.7. The van der Waals surface area contributed by atoms with Gasteiger partial charge in [-0.3, -0.25) is 9.52 Å². The largest absolute Gasteiger partial charge is 0.497 e. The lowest BCUT2D eigenvalue weighted by Crippen LogP contribution is -2.50. The number of carbonyl (C=O) groups is 1. The number of fused-ring (bicyclic) bond motifs is 4. The van der Waals surface area contributed by atoms with Crippen LogP contribution in [0.1, 0.15) is 18.0 Å². The van der Waals surface area contributed by atoms with Crippen molar-refractivity contribution in [2.45, 2.75) is 23.8 Å². The van der Waals surface area contributed by atoms with E-state index in [-0.39, 0.29) is 28.4 Å². The third-order valence-corrected chi connectivity index (χ3v) is 8.49. The number of ether oxygens (including phenoxy) is 3. The molecule has 2 aromatic carbocycles. The third kappa shape index (κ3) is 5.37. The summed E-state index contributed by atoms with van der Waals surface area (Å²) in [6.07, 6.45) is 0.840. The number of sulfonamides is 1. The molecular formula is C27H30N4O7S. The number of aromatic nitrogens is 1. The van der Waals surface area contributed by atoms with E-state index in [0.29, 0.717) is 42.6 Å². The average molecular weight is 555 g/mol. The van der Waals surface area contributed by atoms with Crippen molar-refractivity contribution in [2.24, 2.45) is 5.92 Å². The molecule has 2 aliphatic heterocycles. The van der Waals surface area contributed by atoms with E-state index < -0.39 is 15.6 Å². The van der Waals surface area contributed by atoms with Crippen molar-refractivity contribution in [1.82, 2.24) is 9.47 Å². The molecular weight excluding hydrogens is 524 g/mol. The number of likely N-dealkylation sites (tertiary alicyclic amines) is 1. The highest BCUT2D eigenvalue weighted by atomic mass is 32.2. The first kappa shape index (κ1) is 26.4. The molecule has 206 valence electrons. The van der Waals surface area contributed by atoms with Gasteiger partial charge in [-0.05, 0) is 48.7 Å². The molecule has 0 spiro atoms. The molecule has 1 saturated heterocycles. The number of amides is 2. The molecule has 1 fully saturated rings. The second-order valence-electron chi connectivity index (χ2n) is 9.60. The quantitative estimate of drug-likeness (QED) is 0.459. The Balaban J connectivity index is 1.33. The van der Waals surface area contributed by atoms with Crippen molar-refractivity contribution in [2.75, 3.05) is 44.5 Å². The van der Waals surface area contributed by atoms with E-state index in [1.165, 1.54) is 25.3 Å². The fraction of sp³-hybridized carbons (Fsp3) is 0.333. The maximum atomic E-state index is 13.3. The zero-order valence-electron chi connectivity index (χ0n) is 21.8. The number of nitrogens with one attached hydrogen (secondary N) is 2. The Morgan fingerprint density at radius 3 is 2.18 bits per heavy atom. The Kier molecular flexibility index (Phi) is 7.13. The summed E-state index contributed by atoms with van der Waals surface area (Å²) in [7, 11) is 0.617. The number of urea groups is 1. The number of piperidine rings is 1. The van der Waals surface area contributed by atoms with Crippen molar-refractivity contribution in [1.29, 1.82) is 0 Å². The molecule has 0 unspecified atom stereocenters. The number of rotatable bonds is 7. The smallest absolute Gasteiger partial charge is 0.321 e.